The van der Waals surface area contributed by atoms with E-state index < -0.39 is 28.5 Å². The van der Waals surface area contributed by atoms with E-state index in [2.05, 4.69) is 5.32 Å². The van der Waals surface area contributed by atoms with Crippen LogP contribution in [-0.4, -0.2) is 55.6 Å². The van der Waals surface area contributed by atoms with Crippen molar-refractivity contribution < 1.29 is 18.0 Å². The number of aryl methyl sites for hydroxylation is 1. The average molecular weight is 529 g/mol. The fourth-order valence-corrected chi connectivity index (χ4v) is 4.71. The third kappa shape index (κ3) is 7.43. The summed E-state index contributed by atoms with van der Waals surface area (Å²) in [4.78, 5) is 27.5. The highest BCUT2D eigenvalue weighted by molar-refractivity contribution is 7.89. The first kappa shape index (κ1) is 28.1. The average Bonchev–Trinajstić information content (AvgIpc) is 2.76. The molecule has 0 aliphatic heterocycles. The monoisotopic (exact) mass is 527 g/mol. The molecule has 7 nitrogen and oxygen atoms in total. The van der Waals surface area contributed by atoms with Crippen LogP contribution in [0.3, 0.4) is 0 Å². The summed E-state index contributed by atoms with van der Waals surface area (Å²) in [6, 6.07) is 10.4. The third-order valence-electron chi connectivity index (χ3n) is 5.29. The van der Waals surface area contributed by atoms with Crippen LogP contribution in [0.2, 0.25) is 10.0 Å². The SMILES string of the molecule is Cc1ccc(S(=O)(=O)N(C)CC(=O)N(Cc2ccc(Cl)cc2Cl)[C@@H](C)C(=O)NCC(C)C)cc1. The second-order valence-corrected chi connectivity index (χ2v) is 11.5. The molecule has 1 atom stereocenters. The van der Waals surface area contributed by atoms with E-state index in [0.29, 0.717) is 22.2 Å². The molecular weight excluding hydrogens is 497 g/mol. The molecule has 0 saturated heterocycles. The third-order valence-corrected chi connectivity index (χ3v) is 7.70. The number of likely N-dealkylation sites (N-methyl/N-ethyl adjacent to an activating group) is 1. The number of hydrogen-bond acceptors (Lipinski definition) is 4. The van der Waals surface area contributed by atoms with Crippen molar-refractivity contribution in [1.29, 1.82) is 0 Å². The van der Waals surface area contributed by atoms with E-state index >= 15 is 0 Å². The van der Waals surface area contributed by atoms with Crippen molar-refractivity contribution in [2.45, 2.75) is 45.2 Å². The molecule has 2 amide bonds. The summed E-state index contributed by atoms with van der Waals surface area (Å²) >= 11 is 12.3. The lowest BCUT2D eigenvalue weighted by atomic mass is 10.1. The van der Waals surface area contributed by atoms with E-state index in [4.69, 9.17) is 23.2 Å². The number of nitrogens with zero attached hydrogens (tertiary/aromatic N) is 2. The number of carbonyl (C=O) groups excluding carboxylic acids is 2. The number of sulfonamides is 1. The van der Waals surface area contributed by atoms with Gasteiger partial charge in [0.2, 0.25) is 21.8 Å². The van der Waals surface area contributed by atoms with E-state index in [-0.39, 0.29) is 23.3 Å². The van der Waals surface area contributed by atoms with Gasteiger partial charge in [-0.3, -0.25) is 9.59 Å². The number of amides is 2. The van der Waals surface area contributed by atoms with Gasteiger partial charge in [-0.25, -0.2) is 8.42 Å². The Balaban J connectivity index is 2.29. The topological polar surface area (TPSA) is 86.8 Å². The molecule has 0 heterocycles. The molecule has 0 aromatic heterocycles. The van der Waals surface area contributed by atoms with Gasteiger partial charge in [-0.15, -0.1) is 0 Å². The lowest BCUT2D eigenvalue weighted by Gasteiger charge is -2.30. The summed E-state index contributed by atoms with van der Waals surface area (Å²) in [7, 11) is -2.56. The standard InChI is InChI=1S/C24H31Cl2N3O4S/c1-16(2)13-27-24(31)18(4)29(14-19-8-9-20(25)12-22(19)26)23(30)15-28(5)34(32,33)21-10-6-17(3)7-11-21/h6-12,16,18H,13-15H2,1-5H3,(H,27,31)/t18-/m0/s1. The molecule has 0 unspecified atom stereocenters. The molecule has 2 aromatic carbocycles. The van der Waals surface area contributed by atoms with Crippen molar-refractivity contribution in [3.8, 4) is 0 Å². The Morgan fingerprint density at radius 3 is 2.21 bits per heavy atom. The van der Waals surface area contributed by atoms with E-state index in [9.17, 15) is 18.0 Å². The molecule has 1 N–H and O–H groups in total. The number of carbonyl (C=O) groups is 2. The smallest absolute Gasteiger partial charge is 0.243 e. The number of rotatable bonds is 10. The maximum Gasteiger partial charge on any atom is 0.243 e. The van der Waals surface area contributed by atoms with Crippen molar-refractivity contribution >= 4 is 45.0 Å². The quantitative estimate of drug-likeness (QED) is 0.503. The van der Waals surface area contributed by atoms with Gasteiger partial charge in [0.15, 0.2) is 0 Å². The lowest BCUT2D eigenvalue weighted by Crippen LogP contribution is -2.51. The number of hydrogen-bond donors (Lipinski definition) is 1. The summed E-state index contributed by atoms with van der Waals surface area (Å²) in [6.45, 7) is 7.42. The van der Waals surface area contributed by atoms with Crippen molar-refractivity contribution in [3.63, 3.8) is 0 Å². The molecule has 0 bridgehead atoms. The maximum absolute atomic E-state index is 13.3. The second kappa shape index (κ2) is 12.0. The van der Waals surface area contributed by atoms with Gasteiger partial charge in [0.05, 0.1) is 11.4 Å². The summed E-state index contributed by atoms with van der Waals surface area (Å²) in [5.74, 6) is -0.635. The summed E-state index contributed by atoms with van der Waals surface area (Å²) in [5.41, 5.74) is 1.51. The van der Waals surface area contributed by atoms with Gasteiger partial charge >= 0.3 is 0 Å². The molecule has 10 heteroatoms. The molecule has 186 valence electrons. The molecule has 0 spiro atoms. The van der Waals surface area contributed by atoms with Crippen LogP contribution in [0, 0.1) is 12.8 Å². The number of nitrogens with one attached hydrogen (secondary N) is 1. The van der Waals surface area contributed by atoms with Gasteiger partial charge in [0, 0.05) is 30.2 Å². The van der Waals surface area contributed by atoms with Gasteiger partial charge in [-0.2, -0.15) is 4.31 Å². The fraction of sp³-hybridized carbons (Fsp3) is 0.417. The van der Waals surface area contributed by atoms with Crippen LogP contribution in [0.15, 0.2) is 47.4 Å². The molecule has 2 rings (SSSR count). The van der Waals surface area contributed by atoms with Gasteiger partial charge in [-0.05, 0) is 49.6 Å². The first-order valence-electron chi connectivity index (χ1n) is 10.9. The second-order valence-electron chi connectivity index (χ2n) is 8.65. The van der Waals surface area contributed by atoms with Crippen LogP contribution < -0.4 is 5.32 Å². The Labute approximate surface area is 212 Å². The zero-order valence-corrected chi connectivity index (χ0v) is 22.3. The highest BCUT2D eigenvalue weighted by Gasteiger charge is 2.30. The molecule has 0 radical (unpaired) electrons. The Morgan fingerprint density at radius 1 is 1.03 bits per heavy atom. The highest BCUT2D eigenvalue weighted by Crippen LogP contribution is 2.24. The Morgan fingerprint density at radius 2 is 1.65 bits per heavy atom. The molecule has 0 aliphatic carbocycles. The van der Waals surface area contributed by atoms with E-state index in [1.807, 2.05) is 20.8 Å². The van der Waals surface area contributed by atoms with Crippen LogP contribution in [0.1, 0.15) is 31.9 Å². The highest BCUT2D eigenvalue weighted by atomic mass is 35.5. The molecule has 34 heavy (non-hydrogen) atoms. The van der Waals surface area contributed by atoms with Crippen LogP contribution in [0.25, 0.3) is 0 Å². The number of benzene rings is 2. The molecular formula is C24H31Cl2N3O4S. The minimum absolute atomic E-state index is 0.0174. The summed E-state index contributed by atoms with van der Waals surface area (Å²) in [6.07, 6.45) is 0. The largest absolute Gasteiger partial charge is 0.354 e. The molecule has 0 aliphatic rings. The Kier molecular flexibility index (Phi) is 9.94. The van der Waals surface area contributed by atoms with E-state index in [1.54, 1.807) is 37.3 Å². The lowest BCUT2D eigenvalue weighted by molar-refractivity contribution is -0.140. The molecule has 0 fully saturated rings. The van der Waals surface area contributed by atoms with Crippen LogP contribution in [0.5, 0.6) is 0 Å². The number of halogens is 2. The van der Waals surface area contributed by atoms with Crippen molar-refractivity contribution in [1.82, 2.24) is 14.5 Å². The molecule has 0 saturated carbocycles. The Bertz CT molecular complexity index is 1120. The summed E-state index contributed by atoms with van der Waals surface area (Å²) < 4.78 is 26.9. The van der Waals surface area contributed by atoms with Crippen LogP contribution in [-0.2, 0) is 26.2 Å². The Hall–Kier alpha value is -2.13. The van der Waals surface area contributed by atoms with Gasteiger partial charge < -0.3 is 10.2 Å². The van der Waals surface area contributed by atoms with Crippen LogP contribution in [0.4, 0.5) is 0 Å². The summed E-state index contributed by atoms with van der Waals surface area (Å²) in [5, 5.41) is 3.61. The van der Waals surface area contributed by atoms with E-state index in [1.165, 1.54) is 24.1 Å². The minimum Gasteiger partial charge on any atom is -0.354 e. The zero-order chi connectivity index (χ0) is 25.6. The normalized spacial score (nSPS) is 12.6. The van der Waals surface area contributed by atoms with Crippen molar-refractivity contribution in [3.05, 3.63) is 63.6 Å². The van der Waals surface area contributed by atoms with Gasteiger partial charge in [0.25, 0.3) is 0 Å². The van der Waals surface area contributed by atoms with E-state index in [0.717, 1.165) is 9.87 Å². The first-order chi connectivity index (χ1) is 15.8. The van der Waals surface area contributed by atoms with Crippen LogP contribution >= 0.6 is 23.2 Å². The molecule has 2 aromatic rings. The fourth-order valence-electron chi connectivity index (χ4n) is 3.12. The zero-order valence-electron chi connectivity index (χ0n) is 20.0. The first-order valence-corrected chi connectivity index (χ1v) is 13.1. The maximum atomic E-state index is 13.3. The van der Waals surface area contributed by atoms with Crippen molar-refractivity contribution in [2.24, 2.45) is 5.92 Å². The predicted molar refractivity (Wildman–Crippen MR) is 135 cm³/mol. The van der Waals surface area contributed by atoms with Gasteiger partial charge in [0.1, 0.15) is 6.04 Å². The van der Waals surface area contributed by atoms with Crippen molar-refractivity contribution in [2.75, 3.05) is 20.1 Å². The minimum atomic E-state index is -3.90. The van der Waals surface area contributed by atoms with Gasteiger partial charge in [-0.1, -0.05) is 60.8 Å². The predicted octanol–water partition coefficient (Wildman–Crippen LogP) is 4.11.